The molecular formula is C12H16ClN3O2. The van der Waals surface area contributed by atoms with Crippen LogP contribution in [0.4, 0.5) is 0 Å². The Bertz CT molecular complexity index is 416. The highest BCUT2D eigenvalue weighted by Gasteiger charge is 2.33. The molecular weight excluding hydrogens is 254 g/mol. The first-order valence-electron chi connectivity index (χ1n) is 6.02. The molecule has 0 saturated heterocycles. The van der Waals surface area contributed by atoms with Crippen molar-refractivity contribution >= 4 is 17.5 Å². The van der Waals surface area contributed by atoms with E-state index in [2.05, 4.69) is 15.3 Å². The van der Waals surface area contributed by atoms with Gasteiger partial charge in [0, 0.05) is 12.0 Å². The number of hydrogen-bond donors (Lipinski definition) is 2. The van der Waals surface area contributed by atoms with Crippen LogP contribution in [0.1, 0.15) is 36.2 Å². The zero-order chi connectivity index (χ0) is 13.0. The van der Waals surface area contributed by atoms with Gasteiger partial charge in [-0.15, -0.1) is 0 Å². The third-order valence-electron chi connectivity index (χ3n) is 3.48. The molecule has 6 heteroatoms. The average molecular weight is 270 g/mol. The number of hydrogen-bond acceptors (Lipinski definition) is 4. The summed E-state index contributed by atoms with van der Waals surface area (Å²) in [5.41, 5.74) is 0.0840. The molecule has 1 aromatic rings. The van der Waals surface area contributed by atoms with Gasteiger partial charge in [0.25, 0.3) is 5.91 Å². The molecule has 0 radical (unpaired) electrons. The molecule has 1 saturated carbocycles. The van der Waals surface area contributed by atoms with Crippen LogP contribution in [0, 0.1) is 5.41 Å². The van der Waals surface area contributed by atoms with Crippen molar-refractivity contribution in [2.75, 3.05) is 13.2 Å². The van der Waals surface area contributed by atoms with Crippen LogP contribution in [-0.4, -0.2) is 34.1 Å². The van der Waals surface area contributed by atoms with Crippen LogP contribution in [0.5, 0.6) is 0 Å². The van der Waals surface area contributed by atoms with Gasteiger partial charge in [0.15, 0.2) is 0 Å². The molecule has 1 aromatic heterocycles. The predicted octanol–water partition coefficient (Wildman–Crippen LogP) is 1.41. The molecule has 18 heavy (non-hydrogen) atoms. The van der Waals surface area contributed by atoms with Crippen LogP contribution in [0.3, 0.4) is 0 Å². The van der Waals surface area contributed by atoms with Crippen LogP contribution >= 0.6 is 11.6 Å². The van der Waals surface area contributed by atoms with Gasteiger partial charge in [-0.25, -0.2) is 9.97 Å². The normalized spacial score (nSPS) is 17.7. The van der Waals surface area contributed by atoms with Crippen molar-refractivity contribution < 1.29 is 9.90 Å². The molecule has 0 atom stereocenters. The van der Waals surface area contributed by atoms with Crippen molar-refractivity contribution in [3.8, 4) is 0 Å². The lowest BCUT2D eigenvalue weighted by atomic mass is 9.87. The second kappa shape index (κ2) is 5.63. The fourth-order valence-corrected chi connectivity index (χ4v) is 2.40. The maximum Gasteiger partial charge on any atom is 0.271 e. The standard InChI is InChI=1S/C12H16ClN3O2/c13-10-6-14-9(5-15-10)11(18)16-7-12(8-17)3-1-2-4-12/h5-6,17H,1-4,7-8H2,(H,16,18). The Balaban J connectivity index is 1.93. The lowest BCUT2D eigenvalue weighted by molar-refractivity contribution is 0.0875. The summed E-state index contributed by atoms with van der Waals surface area (Å²) in [6, 6.07) is 0. The summed E-state index contributed by atoms with van der Waals surface area (Å²) in [4.78, 5) is 19.5. The summed E-state index contributed by atoms with van der Waals surface area (Å²) in [7, 11) is 0. The number of carbonyl (C=O) groups excluding carboxylic acids is 1. The molecule has 0 aliphatic heterocycles. The number of nitrogens with one attached hydrogen (secondary N) is 1. The minimum absolute atomic E-state index is 0.111. The second-order valence-electron chi connectivity index (χ2n) is 4.77. The van der Waals surface area contributed by atoms with E-state index >= 15 is 0 Å². The van der Waals surface area contributed by atoms with E-state index in [0.717, 1.165) is 25.7 Å². The van der Waals surface area contributed by atoms with Crippen LogP contribution in [0.15, 0.2) is 12.4 Å². The highest BCUT2D eigenvalue weighted by atomic mass is 35.5. The molecule has 0 unspecified atom stereocenters. The largest absolute Gasteiger partial charge is 0.396 e. The number of amides is 1. The summed E-state index contributed by atoms with van der Waals surface area (Å²) >= 11 is 5.60. The van der Waals surface area contributed by atoms with Gasteiger partial charge in [0.05, 0.1) is 19.0 Å². The van der Waals surface area contributed by atoms with Crippen molar-refractivity contribution in [2.45, 2.75) is 25.7 Å². The van der Waals surface area contributed by atoms with Crippen LogP contribution in [-0.2, 0) is 0 Å². The van der Waals surface area contributed by atoms with Gasteiger partial charge < -0.3 is 10.4 Å². The Kier molecular flexibility index (Phi) is 4.14. The molecule has 0 spiro atoms. The molecule has 1 amide bonds. The van der Waals surface area contributed by atoms with E-state index in [-0.39, 0.29) is 28.8 Å². The zero-order valence-electron chi connectivity index (χ0n) is 10.0. The Labute approximate surface area is 111 Å². The third kappa shape index (κ3) is 2.97. The maximum atomic E-state index is 11.8. The van der Waals surface area contributed by atoms with Gasteiger partial charge in [-0.3, -0.25) is 4.79 Å². The summed E-state index contributed by atoms with van der Waals surface area (Å²) in [6.07, 6.45) is 6.81. The van der Waals surface area contributed by atoms with Gasteiger partial charge in [0.1, 0.15) is 10.8 Å². The Morgan fingerprint density at radius 1 is 1.39 bits per heavy atom. The lowest BCUT2D eigenvalue weighted by Crippen LogP contribution is -2.38. The Hall–Kier alpha value is -1.20. The van der Waals surface area contributed by atoms with Crippen molar-refractivity contribution in [1.29, 1.82) is 0 Å². The number of nitrogens with zero attached hydrogens (tertiary/aromatic N) is 2. The maximum absolute atomic E-state index is 11.8. The van der Waals surface area contributed by atoms with Crippen LogP contribution in [0.2, 0.25) is 5.15 Å². The van der Waals surface area contributed by atoms with E-state index in [0.29, 0.717) is 6.54 Å². The van der Waals surface area contributed by atoms with E-state index in [1.54, 1.807) is 0 Å². The summed E-state index contributed by atoms with van der Waals surface area (Å²) in [6.45, 7) is 0.590. The number of aliphatic hydroxyl groups is 1. The van der Waals surface area contributed by atoms with Crippen molar-refractivity contribution in [3.05, 3.63) is 23.2 Å². The van der Waals surface area contributed by atoms with E-state index in [1.165, 1.54) is 12.4 Å². The fraction of sp³-hybridized carbons (Fsp3) is 0.583. The molecule has 1 aliphatic rings. The second-order valence-corrected chi connectivity index (χ2v) is 5.16. The molecule has 0 bridgehead atoms. The number of aromatic nitrogens is 2. The molecule has 1 aliphatic carbocycles. The first-order chi connectivity index (χ1) is 8.65. The Morgan fingerprint density at radius 3 is 2.67 bits per heavy atom. The smallest absolute Gasteiger partial charge is 0.271 e. The lowest BCUT2D eigenvalue weighted by Gasteiger charge is -2.26. The molecule has 98 valence electrons. The minimum Gasteiger partial charge on any atom is -0.396 e. The van der Waals surface area contributed by atoms with Crippen molar-refractivity contribution in [3.63, 3.8) is 0 Å². The number of halogens is 1. The van der Waals surface area contributed by atoms with Gasteiger partial charge >= 0.3 is 0 Å². The van der Waals surface area contributed by atoms with E-state index in [9.17, 15) is 9.90 Å². The zero-order valence-corrected chi connectivity index (χ0v) is 10.8. The van der Waals surface area contributed by atoms with Crippen LogP contribution < -0.4 is 5.32 Å². The van der Waals surface area contributed by atoms with Gasteiger partial charge in [-0.2, -0.15) is 0 Å². The SMILES string of the molecule is O=C(NCC1(CO)CCCC1)c1cnc(Cl)cn1. The molecule has 5 nitrogen and oxygen atoms in total. The topological polar surface area (TPSA) is 75.1 Å². The predicted molar refractivity (Wildman–Crippen MR) is 67.4 cm³/mol. The summed E-state index contributed by atoms with van der Waals surface area (Å²) in [5.74, 6) is -0.279. The van der Waals surface area contributed by atoms with Gasteiger partial charge in [-0.1, -0.05) is 24.4 Å². The average Bonchev–Trinajstić information content (AvgIpc) is 2.86. The van der Waals surface area contributed by atoms with Gasteiger partial charge in [0.2, 0.25) is 0 Å². The number of aliphatic hydroxyl groups excluding tert-OH is 1. The van der Waals surface area contributed by atoms with Crippen molar-refractivity contribution in [1.82, 2.24) is 15.3 Å². The molecule has 0 aromatic carbocycles. The van der Waals surface area contributed by atoms with E-state index in [4.69, 9.17) is 11.6 Å². The number of carbonyl (C=O) groups is 1. The molecule has 1 heterocycles. The fourth-order valence-electron chi connectivity index (χ4n) is 2.30. The Morgan fingerprint density at radius 2 is 2.11 bits per heavy atom. The summed E-state index contributed by atoms with van der Waals surface area (Å²) < 4.78 is 0. The van der Waals surface area contributed by atoms with E-state index < -0.39 is 0 Å². The summed E-state index contributed by atoms with van der Waals surface area (Å²) in [5, 5.41) is 12.5. The molecule has 2 N–H and O–H groups in total. The number of rotatable bonds is 4. The van der Waals surface area contributed by atoms with Crippen molar-refractivity contribution in [2.24, 2.45) is 5.41 Å². The molecule has 2 rings (SSSR count). The minimum atomic E-state index is -0.279. The highest BCUT2D eigenvalue weighted by molar-refractivity contribution is 6.29. The van der Waals surface area contributed by atoms with Crippen LogP contribution in [0.25, 0.3) is 0 Å². The first-order valence-corrected chi connectivity index (χ1v) is 6.40. The quantitative estimate of drug-likeness (QED) is 0.867. The third-order valence-corrected chi connectivity index (χ3v) is 3.67. The molecule has 1 fully saturated rings. The van der Waals surface area contributed by atoms with E-state index in [1.807, 2.05) is 0 Å². The van der Waals surface area contributed by atoms with Gasteiger partial charge in [-0.05, 0) is 12.8 Å². The first kappa shape index (κ1) is 13.2. The highest BCUT2D eigenvalue weighted by Crippen LogP contribution is 2.36. The monoisotopic (exact) mass is 269 g/mol.